The first kappa shape index (κ1) is 31.8. The first-order valence-electron chi connectivity index (χ1n) is 14.1. The molecule has 0 saturated carbocycles. The number of carbonyl (C=O) groups is 2. The van der Waals surface area contributed by atoms with Gasteiger partial charge in [0.1, 0.15) is 12.6 Å². The summed E-state index contributed by atoms with van der Waals surface area (Å²) < 4.78 is 29.1. The lowest BCUT2D eigenvalue weighted by Gasteiger charge is -2.34. The number of halogens is 1. The number of nitrogens with one attached hydrogen (secondary N) is 1. The number of aryl methyl sites for hydroxylation is 1. The lowest BCUT2D eigenvalue weighted by Crippen LogP contribution is -2.54. The molecule has 0 aliphatic heterocycles. The Kier molecular flexibility index (Phi) is 10.6. The maximum atomic E-state index is 14.4. The minimum Gasteiger partial charge on any atom is -0.352 e. The summed E-state index contributed by atoms with van der Waals surface area (Å²) >= 11 is 6.12. The molecule has 0 radical (unpaired) electrons. The number of benzene rings is 4. The van der Waals surface area contributed by atoms with Crippen molar-refractivity contribution in [2.45, 2.75) is 50.7 Å². The SMILES string of the molecule is Cc1ccc(S(=O)(=O)N(CC(=O)N(Cc2ccccc2)C(Cc2ccccc2)C(=O)NC(C)C)c2ccc(Cl)cc2)cc1. The van der Waals surface area contributed by atoms with Gasteiger partial charge in [0.15, 0.2) is 0 Å². The number of nitrogens with zero attached hydrogens (tertiary/aromatic N) is 2. The maximum absolute atomic E-state index is 14.4. The minimum absolute atomic E-state index is 0.0499. The van der Waals surface area contributed by atoms with Crippen LogP contribution in [0.25, 0.3) is 0 Å². The molecule has 0 fully saturated rings. The highest BCUT2D eigenvalue weighted by molar-refractivity contribution is 7.92. The monoisotopic (exact) mass is 617 g/mol. The van der Waals surface area contributed by atoms with Crippen LogP contribution in [0.3, 0.4) is 0 Å². The summed E-state index contributed by atoms with van der Waals surface area (Å²) in [5.41, 5.74) is 2.87. The molecule has 0 aliphatic rings. The molecule has 0 spiro atoms. The van der Waals surface area contributed by atoms with Gasteiger partial charge in [-0.25, -0.2) is 8.42 Å². The highest BCUT2D eigenvalue weighted by Crippen LogP contribution is 2.26. The van der Waals surface area contributed by atoms with Crippen LogP contribution in [-0.2, 0) is 32.6 Å². The molecule has 4 aromatic carbocycles. The number of sulfonamides is 1. The normalized spacial score (nSPS) is 12.0. The van der Waals surface area contributed by atoms with E-state index in [2.05, 4.69) is 5.32 Å². The topological polar surface area (TPSA) is 86.8 Å². The van der Waals surface area contributed by atoms with Crippen LogP contribution in [0.15, 0.2) is 114 Å². The van der Waals surface area contributed by atoms with Crippen molar-refractivity contribution in [1.82, 2.24) is 10.2 Å². The van der Waals surface area contributed by atoms with Crippen molar-refractivity contribution in [3.05, 3.63) is 131 Å². The third-order valence-corrected chi connectivity index (χ3v) is 8.94. The van der Waals surface area contributed by atoms with E-state index in [1.807, 2.05) is 81.4 Å². The lowest BCUT2D eigenvalue weighted by molar-refractivity contribution is -0.140. The van der Waals surface area contributed by atoms with Crippen LogP contribution in [0, 0.1) is 6.92 Å². The molecule has 7 nitrogen and oxygen atoms in total. The van der Waals surface area contributed by atoms with E-state index < -0.39 is 28.5 Å². The highest BCUT2D eigenvalue weighted by Gasteiger charge is 2.34. The van der Waals surface area contributed by atoms with Crippen LogP contribution in [0.4, 0.5) is 5.69 Å². The van der Waals surface area contributed by atoms with E-state index in [0.717, 1.165) is 21.0 Å². The van der Waals surface area contributed by atoms with Gasteiger partial charge >= 0.3 is 0 Å². The van der Waals surface area contributed by atoms with Crippen LogP contribution >= 0.6 is 11.6 Å². The fourth-order valence-corrected chi connectivity index (χ4v) is 6.23. The van der Waals surface area contributed by atoms with E-state index in [1.54, 1.807) is 36.4 Å². The van der Waals surface area contributed by atoms with Gasteiger partial charge in [-0.15, -0.1) is 0 Å². The molecule has 43 heavy (non-hydrogen) atoms. The molecular weight excluding hydrogens is 582 g/mol. The summed E-state index contributed by atoms with van der Waals surface area (Å²) in [6.45, 7) is 5.18. The number of hydrogen-bond acceptors (Lipinski definition) is 4. The van der Waals surface area contributed by atoms with Crippen molar-refractivity contribution < 1.29 is 18.0 Å². The van der Waals surface area contributed by atoms with Gasteiger partial charge in [0.05, 0.1) is 10.6 Å². The average Bonchev–Trinajstić information content (AvgIpc) is 2.99. The molecule has 1 unspecified atom stereocenters. The van der Waals surface area contributed by atoms with E-state index in [4.69, 9.17) is 11.6 Å². The zero-order valence-corrected chi connectivity index (χ0v) is 26.1. The van der Waals surface area contributed by atoms with Crippen molar-refractivity contribution in [3.8, 4) is 0 Å². The van der Waals surface area contributed by atoms with Gasteiger partial charge in [-0.3, -0.25) is 13.9 Å². The fraction of sp³-hybridized carbons (Fsp3) is 0.235. The molecule has 9 heteroatoms. The second-order valence-corrected chi connectivity index (χ2v) is 13.0. The Labute approximate surface area is 259 Å². The molecule has 0 saturated heterocycles. The molecule has 224 valence electrons. The van der Waals surface area contributed by atoms with E-state index in [0.29, 0.717) is 5.02 Å². The minimum atomic E-state index is -4.17. The van der Waals surface area contributed by atoms with Crippen molar-refractivity contribution >= 4 is 39.1 Å². The Morgan fingerprint density at radius 1 is 0.791 bits per heavy atom. The van der Waals surface area contributed by atoms with Crippen molar-refractivity contribution in [1.29, 1.82) is 0 Å². The van der Waals surface area contributed by atoms with Crippen molar-refractivity contribution in [3.63, 3.8) is 0 Å². The van der Waals surface area contributed by atoms with E-state index >= 15 is 0 Å². The number of carbonyl (C=O) groups excluding carboxylic acids is 2. The lowest BCUT2D eigenvalue weighted by atomic mass is 10.0. The Morgan fingerprint density at radius 3 is 1.91 bits per heavy atom. The third kappa shape index (κ3) is 8.46. The molecule has 4 rings (SSSR count). The largest absolute Gasteiger partial charge is 0.352 e. The smallest absolute Gasteiger partial charge is 0.264 e. The van der Waals surface area contributed by atoms with E-state index in [9.17, 15) is 18.0 Å². The zero-order chi connectivity index (χ0) is 31.0. The molecule has 0 heterocycles. The Balaban J connectivity index is 1.78. The standard InChI is InChI=1S/C34H36ClN3O4S/c1-25(2)36-34(40)32(22-27-10-6-4-7-11-27)37(23-28-12-8-5-9-13-28)33(39)24-38(30-18-16-29(35)17-19-30)43(41,42)31-20-14-26(3)15-21-31/h4-21,25,32H,22-24H2,1-3H3,(H,36,40). The maximum Gasteiger partial charge on any atom is 0.264 e. The predicted octanol–water partition coefficient (Wildman–Crippen LogP) is 6.01. The summed E-state index contributed by atoms with van der Waals surface area (Å²) in [5, 5.41) is 3.39. The molecule has 2 amide bonds. The van der Waals surface area contributed by atoms with Crippen molar-refractivity contribution in [2.24, 2.45) is 0 Å². The summed E-state index contributed by atoms with van der Waals surface area (Å²) in [5.74, 6) is -0.836. The predicted molar refractivity (Wildman–Crippen MR) is 171 cm³/mol. The molecule has 1 atom stereocenters. The third-order valence-electron chi connectivity index (χ3n) is 6.90. The Morgan fingerprint density at radius 2 is 1.35 bits per heavy atom. The number of anilines is 1. The van der Waals surface area contributed by atoms with Crippen molar-refractivity contribution in [2.75, 3.05) is 10.8 Å². The van der Waals surface area contributed by atoms with Gasteiger partial charge < -0.3 is 10.2 Å². The molecule has 4 aromatic rings. The fourth-order valence-electron chi connectivity index (χ4n) is 4.69. The summed E-state index contributed by atoms with van der Waals surface area (Å²) in [4.78, 5) is 29.6. The summed E-state index contributed by atoms with van der Waals surface area (Å²) in [6.07, 6.45) is 0.254. The molecule has 0 bridgehead atoms. The molecule has 0 aliphatic carbocycles. The van der Waals surface area contributed by atoms with Crippen LogP contribution in [0.2, 0.25) is 5.02 Å². The number of rotatable bonds is 12. The summed E-state index contributed by atoms with van der Waals surface area (Å²) in [7, 11) is -4.17. The van der Waals surface area contributed by atoms with Gasteiger partial charge in [-0.2, -0.15) is 0 Å². The van der Waals surface area contributed by atoms with Crippen LogP contribution < -0.4 is 9.62 Å². The first-order chi connectivity index (χ1) is 20.5. The molecular formula is C34H36ClN3O4S. The average molecular weight is 618 g/mol. The van der Waals surface area contributed by atoms with E-state index in [-0.39, 0.29) is 35.5 Å². The quantitative estimate of drug-likeness (QED) is 0.211. The first-order valence-corrected chi connectivity index (χ1v) is 15.9. The van der Waals surface area contributed by atoms with Crippen LogP contribution in [0.5, 0.6) is 0 Å². The van der Waals surface area contributed by atoms with E-state index in [1.165, 1.54) is 17.0 Å². The van der Waals surface area contributed by atoms with Crippen LogP contribution in [0.1, 0.15) is 30.5 Å². The zero-order valence-electron chi connectivity index (χ0n) is 24.5. The van der Waals surface area contributed by atoms with Gasteiger partial charge in [-0.1, -0.05) is 90.0 Å². The highest BCUT2D eigenvalue weighted by atomic mass is 35.5. The van der Waals surface area contributed by atoms with Gasteiger partial charge in [0.2, 0.25) is 11.8 Å². The Bertz CT molecular complexity index is 1610. The van der Waals surface area contributed by atoms with Gasteiger partial charge in [-0.05, 0) is 68.3 Å². The molecule has 1 N–H and O–H groups in total. The van der Waals surface area contributed by atoms with Gasteiger partial charge in [0, 0.05) is 24.0 Å². The summed E-state index contributed by atoms with van der Waals surface area (Å²) in [6, 6.07) is 30.5. The second-order valence-electron chi connectivity index (χ2n) is 10.7. The van der Waals surface area contributed by atoms with Gasteiger partial charge in [0.25, 0.3) is 10.0 Å². The Hall–Kier alpha value is -4.14. The second kappa shape index (κ2) is 14.4. The number of amides is 2. The van der Waals surface area contributed by atoms with Crippen LogP contribution in [-0.4, -0.2) is 43.8 Å². The number of hydrogen-bond donors (Lipinski definition) is 1. The molecule has 0 aromatic heterocycles.